The topological polar surface area (TPSA) is 41.6 Å². The molecule has 0 aromatic carbocycles. The molecule has 2 rings (SSSR count). The summed E-state index contributed by atoms with van der Waals surface area (Å²) in [5, 5.41) is 3.15. The minimum Gasteiger partial charge on any atom is -0.384 e. The molecule has 2 saturated heterocycles. The normalized spacial score (nSPS) is 29.2. The number of carbonyl (C=O) groups excluding carboxylic acids is 1. The predicted molar refractivity (Wildman–Crippen MR) is 62.1 cm³/mol. The van der Waals surface area contributed by atoms with Crippen LogP contribution in [0.4, 0.5) is 0 Å². The fraction of sp³-hybridized carbons (Fsp3) is 0.917. The molecule has 0 aliphatic carbocycles. The van der Waals surface area contributed by atoms with Gasteiger partial charge in [0.1, 0.15) is 0 Å². The summed E-state index contributed by atoms with van der Waals surface area (Å²) in [5.41, 5.74) is 0.183. The molecule has 92 valence electrons. The van der Waals surface area contributed by atoms with E-state index in [0.717, 1.165) is 32.8 Å². The number of likely N-dealkylation sites (tertiary alicyclic amines) is 1. The van der Waals surface area contributed by atoms with Gasteiger partial charge in [0.15, 0.2) is 0 Å². The predicted octanol–water partition coefficient (Wildman–Crippen LogP) is 0.337. The van der Waals surface area contributed by atoms with Gasteiger partial charge in [-0.1, -0.05) is 13.8 Å². The first-order valence-corrected chi connectivity index (χ1v) is 6.03. The maximum Gasteiger partial charge on any atom is 0.228 e. The molecule has 0 bridgehead atoms. The molecule has 16 heavy (non-hydrogen) atoms. The Morgan fingerprint density at radius 1 is 1.50 bits per heavy atom. The van der Waals surface area contributed by atoms with Gasteiger partial charge < -0.3 is 15.0 Å². The molecular formula is C12H22N2O2. The van der Waals surface area contributed by atoms with Crippen LogP contribution in [0.3, 0.4) is 0 Å². The van der Waals surface area contributed by atoms with Gasteiger partial charge in [-0.3, -0.25) is 4.79 Å². The van der Waals surface area contributed by atoms with Gasteiger partial charge in [-0.2, -0.15) is 0 Å². The average Bonchev–Trinajstić information content (AvgIpc) is 2.40. The Morgan fingerprint density at radius 3 is 2.69 bits per heavy atom. The van der Waals surface area contributed by atoms with E-state index in [1.54, 1.807) is 7.11 Å². The molecule has 2 aliphatic heterocycles. The summed E-state index contributed by atoms with van der Waals surface area (Å²) >= 11 is 0. The lowest BCUT2D eigenvalue weighted by Gasteiger charge is -2.30. The zero-order valence-electron chi connectivity index (χ0n) is 10.5. The molecule has 1 amide bonds. The molecule has 0 aromatic rings. The largest absolute Gasteiger partial charge is 0.384 e. The second-order valence-electron chi connectivity index (χ2n) is 5.71. The highest BCUT2D eigenvalue weighted by atomic mass is 16.5. The number of hydrogen-bond donors (Lipinski definition) is 1. The van der Waals surface area contributed by atoms with E-state index >= 15 is 0 Å². The van der Waals surface area contributed by atoms with Crippen LogP contribution in [0, 0.1) is 17.3 Å². The van der Waals surface area contributed by atoms with Crippen LogP contribution in [0.5, 0.6) is 0 Å². The quantitative estimate of drug-likeness (QED) is 0.754. The first-order chi connectivity index (χ1) is 7.54. The maximum absolute atomic E-state index is 12.1. The third-order valence-electron chi connectivity index (χ3n) is 3.95. The third-order valence-corrected chi connectivity index (χ3v) is 3.95. The van der Waals surface area contributed by atoms with Crippen LogP contribution < -0.4 is 5.32 Å². The highest BCUT2D eigenvalue weighted by molar-refractivity contribution is 5.80. The van der Waals surface area contributed by atoms with Crippen molar-refractivity contribution in [2.24, 2.45) is 17.3 Å². The Hall–Kier alpha value is -0.610. The van der Waals surface area contributed by atoms with Crippen molar-refractivity contribution >= 4 is 5.91 Å². The third kappa shape index (κ3) is 2.09. The van der Waals surface area contributed by atoms with Crippen molar-refractivity contribution in [2.75, 3.05) is 39.9 Å². The minimum atomic E-state index is 0.183. The van der Waals surface area contributed by atoms with Crippen LogP contribution in [-0.4, -0.2) is 50.7 Å². The summed E-state index contributed by atoms with van der Waals surface area (Å²) < 4.78 is 5.24. The van der Waals surface area contributed by atoms with Gasteiger partial charge in [0.2, 0.25) is 5.91 Å². The Kier molecular flexibility index (Phi) is 3.22. The molecule has 2 fully saturated rings. The van der Waals surface area contributed by atoms with Crippen LogP contribution in [0.25, 0.3) is 0 Å². The number of nitrogens with one attached hydrogen (secondary N) is 1. The van der Waals surface area contributed by atoms with E-state index in [0.29, 0.717) is 11.8 Å². The zero-order chi connectivity index (χ0) is 11.8. The van der Waals surface area contributed by atoms with Crippen molar-refractivity contribution in [1.82, 2.24) is 10.2 Å². The number of ether oxygens (including phenoxy) is 1. The van der Waals surface area contributed by atoms with Crippen LogP contribution in [0.2, 0.25) is 0 Å². The Morgan fingerprint density at radius 2 is 2.19 bits per heavy atom. The smallest absolute Gasteiger partial charge is 0.228 e. The SMILES string of the molecule is COC[C@H]1CN(C(=O)C2CNC2)CC1(C)C. The molecule has 0 aromatic heterocycles. The standard InChI is InChI=1S/C12H22N2O2/c1-12(2)8-14(6-10(12)7-16-3)11(15)9-4-13-5-9/h9-10,13H,4-8H2,1-3H3/t10-/m1/s1. The van der Waals surface area contributed by atoms with Gasteiger partial charge in [0.05, 0.1) is 12.5 Å². The van der Waals surface area contributed by atoms with E-state index in [2.05, 4.69) is 19.2 Å². The highest BCUT2D eigenvalue weighted by Gasteiger charge is 2.43. The molecule has 0 spiro atoms. The van der Waals surface area contributed by atoms with Crippen molar-refractivity contribution in [3.63, 3.8) is 0 Å². The van der Waals surface area contributed by atoms with Crippen molar-refractivity contribution in [3.05, 3.63) is 0 Å². The molecular weight excluding hydrogens is 204 g/mol. The Labute approximate surface area is 97.3 Å². The van der Waals surface area contributed by atoms with E-state index in [1.807, 2.05) is 4.90 Å². The summed E-state index contributed by atoms with van der Waals surface area (Å²) in [6.07, 6.45) is 0. The van der Waals surface area contributed by atoms with Gasteiger partial charge in [-0.25, -0.2) is 0 Å². The molecule has 0 unspecified atom stereocenters. The average molecular weight is 226 g/mol. The lowest BCUT2D eigenvalue weighted by molar-refractivity contribution is -0.136. The molecule has 2 aliphatic rings. The first-order valence-electron chi connectivity index (χ1n) is 6.03. The van der Waals surface area contributed by atoms with Crippen LogP contribution >= 0.6 is 0 Å². The molecule has 4 nitrogen and oxygen atoms in total. The fourth-order valence-electron chi connectivity index (χ4n) is 2.57. The van der Waals surface area contributed by atoms with Gasteiger partial charge in [0, 0.05) is 39.2 Å². The minimum absolute atomic E-state index is 0.183. The summed E-state index contributed by atoms with van der Waals surface area (Å²) in [4.78, 5) is 14.1. The van der Waals surface area contributed by atoms with Gasteiger partial charge in [0.25, 0.3) is 0 Å². The van der Waals surface area contributed by atoms with Gasteiger partial charge >= 0.3 is 0 Å². The Balaban J connectivity index is 1.96. The number of nitrogens with zero attached hydrogens (tertiary/aromatic N) is 1. The maximum atomic E-state index is 12.1. The number of hydrogen-bond acceptors (Lipinski definition) is 3. The molecule has 1 atom stereocenters. The van der Waals surface area contributed by atoms with E-state index < -0.39 is 0 Å². The van der Waals surface area contributed by atoms with Crippen molar-refractivity contribution < 1.29 is 9.53 Å². The number of rotatable bonds is 3. The number of amides is 1. The van der Waals surface area contributed by atoms with Crippen molar-refractivity contribution in [2.45, 2.75) is 13.8 Å². The first kappa shape index (κ1) is 11.9. The second kappa shape index (κ2) is 4.34. The van der Waals surface area contributed by atoms with E-state index in [-0.39, 0.29) is 11.3 Å². The lowest BCUT2D eigenvalue weighted by Crippen LogP contribution is -2.51. The monoisotopic (exact) mass is 226 g/mol. The van der Waals surface area contributed by atoms with Gasteiger partial charge in [-0.05, 0) is 5.41 Å². The van der Waals surface area contributed by atoms with Crippen LogP contribution in [-0.2, 0) is 9.53 Å². The van der Waals surface area contributed by atoms with Crippen molar-refractivity contribution in [1.29, 1.82) is 0 Å². The molecule has 0 radical (unpaired) electrons. The molecule has 0 saturated carbocycles. The van der Waals surface area contributed by atoms with Crippen molar-refractivity contribution in [3.8, 4) is 0 Å². The summed E-state index contributed by atoms with van der Waals surface area (Å²) in [6, 6.07) is 0. The number of methoxy groups -OCH3 is 1. The Bertz CT molecular complexity index is 274. The van der Waals surface area contributed by atoms with E-state index in [9.17, 15) is 4.79 Å². The summed E-state index contributed by atoms with van der Waals surface area (Å²) in [7, 11) is 1.73. The fourth-order valence-corrected chi connectivity index (χ4v) is 2.57. The second-order valence-corrected chi connectivity index (χ2v) is 5.71. The number of carbonyl (C=O) groups is 1. The highest BCUT2D eigenvalue weighted by Crippen LogP contribution is 2.36. The summed E-state index contributed by atoms with van der Waals surface area (Å²) in [6.45, 7) is 8.63. The summed E-state index contributed by atoms with van der Waals surface area (Å²) in [5.74, 6) is 1.01. The lowest BCUT2D eigenvalue weighted by atomic mass is 9.83. The van der Waals surface area contributed by atoms with Crippen LogP contribution in [0.15, 0.2) is 0 Å². The molecule has 1 N–H and O–H groups in total. The van der Waals surface area contributed by atoms with E-state index in [1.165, 1.54) is 0 Å². The van der Waals surface area contributed by atoms with E-state index in [4.69, 9.17) is 4.74 Å². The molecule has 2 heterocycles. The molecule has 4 heteroatoms. The van der Waals surface area contributed by atoms with Gasteiger partial charge in [-0.15, -0.1) is 0 Å². The zero-order valence-corrected chi connectivity index (χ0v) is 10.5. The van der Waals surface area contributed by atoms with Crippen LogP contribution in [0.1, 0.15) is 13.8 Å².